The molecular formula is B2O5W-4. The number of rotatable bonds is 2. The van der Waals surface area contributed by atoms with Crippen molar-refractivity contribution >= 4 is 14.6 Å². The Morgan fingerprint density at radius 2 is 1.12 bits per heavy atom. The molecule has 0 aliphatic rings. The molecule has 8 heteroatoms. The molecule has 46 valence electrons. The Hall–Kier alpha value is 0.618. The van der Waals surface area contributed by atoms with Gasteiger partial charge < -0.3 is 24.7 Å². The monoisotopic (exact) mass is 286 g/mol. The first-order valence-corrected chi connectivity index (χ1v) is 1.41. The van der Waals surface area contributed by atoms with E-state index in [9.17, 15) is 0 Å². The van der Waals surface area contributed by atoms with Crippen LogP contribution in [0.1, 0.15) is 0 Å². The van der Waals surface area contributed by atoms with Crippen molar-refractivity contribution in [3.8, 4) is 0 Å². The smallest absolute Gasteiger partial charge is 0.0280 e. The van der Waals surface area contributed by atoms with Gasteiger partial charge in [-0.3, -0.25) is 0 Å². The molecule has 0 aromatic carbocycles. The summed E-state index contributed by atoms with van der Waals surface area (Å²) < 4.78 is 3.03. The van der Waals surface area contributed by atoms with Crippen molar-refractivity contribution in [1.82, 2.24) is 0 Å². The van der Waals surface area contributed by atoms with Crippen LogP contribution in [0.4, 0.5) is 0 Å². The van der Waals surface area contributed by atoms with Crippen molar-refractivity contribution in [2.24, 2.45) is 0 Å². The zero-order chi connectivity index (χ0) is 5.86. The third-order valence-electron chi connectivity index (χ3n) is 0.222. The van der Waals surface area contributed by atoms with Crippen LogP contribution in [-0.4, -0.2) is 14.6 Å². The summed E-state index contributed by atoms with van der Waals surface area (Å²) in [6, 6.07) is 0. The van der Waals surface area contributed by atoms with Crippen LogP contribution in [0.2, 0.25) is 0 Å². The van der Waals surface area contributed by atoms with Crippen LogP contribution < -0.4 is 20.1 Å². The molecule has 0 N–H and O–H groups in total. The van der Waals surface area contributed by atoms with E-state index in [-0.39, 0.29) is 21.1 Å². The summed E-state index contributed by atoms with van der Waals surface area (Å²) in [7, 11) is -5.50. The van der Waals surface area contributed by atoms with Crippen molar-refractivity contribution in [2.45, 2.75) is 0 Å². The Labute approximate surface area is 60.9 Å². The standard InChI is InChI=1S/B2O5.W/c3-1(4)7-2(5)6;/q-4;. The third kappa shape index (κ3) is 9.79. The van der Waals surface area contributed by atoms with Crippen molar-refractivity contribution in [3.05, 3.63) is 0 Å². The molecule has 0 aromatic heterocycles. The van der Waals surface area contributed by atoms with Gasteiger partial charge in [0.2, 0.25) is 0 Å². The summed E-state index contributed by atoms with van der Waals surface area (Å²) in [5.41, 5.74) is 0. The third-order valence-corrected chi connectivity index (χ3v) is 0.222. The minimum absolute atomic E-state index is 0. The van der Waals surface area contributed by atoms with E-state index < -0.39 is 14.6 Å². The van der Waals surface area contributed by atoms with Gasteiger partial charge in [0.25, 0.3) is 0 Å². The van der Waals surface area contributed by atoms with Crippen LogP contribution in [0.3, 0.4) is 0 Å². The first-order chi connectivity index (χ1) is 3.13. The molecule has 0 fully saturated rings. The van der Waals surface area contributed by atoms with E-state index in [0.717, 1.165) is 0 Å². The Kier molecular flexibility index (Phi) is 8.21. The molecule has 0 aliphatic carbocycles. The maximum absolute atomic E-state index is 9.16. The Balaban J connectivity index is 0. The largest absolute Gasteiger partial charge is 0.872 e. The average Bonchev–Trinajstić information content (AvgIpc) is 1.27. The summed E-state index contributed by atoms with van der Waals surface area (Å²) >= 11 is 0. The van der Waals surface area contributed by atoms with Crippen LogP contribution in [0.15, 0.2) is 0 Å². The van der Waals surface area contributed by atoms with E-state index in [1.165, 1.54) is 0 Å². The van der Waals surface area contributed by atoms with Gasteiger partial charge >= 0.3 is 0 Å². The molecule has 0 saturated heterocycles. The molecular weight excluding hydrogens is 285 g/mol. The second kappa shape index (κ2) is 5.75. The van der Waals surface area contributed by atoms with Gasteiger partial charge in [0.15, 0.2) is 0 Å². The fourth-order valence-electron chi connectivity index (χ4n) is 0.0907. The normalized spacial score (nSPS) is 7.50. The molecule has 0 atom stereocenters. The zero-order valence-electron chi connectivity index (χ0n) is 3.60. The molecule has 0 unspecified atom stereocenters. The van der Waals surface area contributed by atoms with Gasteiger partial charge in [-0.1, -0.05) is 0 Å². The Bertz CT molecular complexity index is 39.7. The van der Waals surface area contributed by atoms with Crippen LogP contribution in [0, 0.1) is 0 Å². The molecule has 0 saturated carbocycles. The summed E-state index contributed by atoms with van der Waals surface area (Å²) in [5.74, 6) is 0. The summed E-state index contributed by atoms with van der Waals surface area (Å²) in [4.78, 5) is 0. The van der Waals surface area contributed by atoms with Gasteiger partial charge in [0.05, 0.1) is 0 Å². The maximum Gasteiger partial charge on any atom is 0.0280 e. The first kappa shape index (κ1) is 11.4. The van der Waals surface area contributed by atoms with Gasteiger partial charge in [-0.15, -0.1) is 0 Å². The molecule has 0 spiro atoms. The summed E-state index contributed by atoms with van der Waals surface area (Å²) in [6.45, 7) is 0. The predicted molar refractivity (Wildman–Crippen MR) is 12.6 cm³/mol. The zero-order valence-corrected chi connectivity index (χ0v) is 6.54. The van der Waals surface area contributed by atoms with E-state index in [1.807, 2.05) is 0 Å². The minimum atomic E-state index is -2.75. The molecule has 0 rings (SSSR count). The topological polar surface area (TPSA) is 101 Å². The van der Waals surface area contributed by atoms with Gasteiger partial charge in [0.1, 0.15) is 0 Å². The average molecular weight is 285 g/mol. The molecule has 0 heterocycles. The fraction of sp³-hybridized carbons (Fsp3) is 0. The SMILES string of the molecule is [O-]B([O-])OB([O-])[O-].[W]. The molecule has 0 amide bonds. The van der Waals surface area contributed by atoms with Crippen LogP contribution in [-0.2, 0) is 25.6 Å². The van der Waals surface area contributed by atoms with Gasteiger partial charge in [-0.25, -0.2) is 0 Å². The number of hydrogen-bond donors (Lipinski definition) is 0. The summed E-state index contributed by atoms with van der Waals surface area (Å²) in [5, 5.41) is 36.6. The molecule has 8 heavy (non-hydrogen) atoms. The Morgan fingerprint density at radius 1 is 0.875 bits per heavy atom. The van der Waals surface area contributed by atoms with Gasteiger partial charge in [0, 0.05) is 35.7 Å². The second-order valence-corrected chi connectivity index (χ2v) is 0.713. The van der Waals surface area contributed by atoms with Crippen LogP contribution in [0.5, 0.6) is 0 Å². The Morgan fingerprint density at radius 3 is 1.12 bits per heavy atom. The van der Waals surface area contributed by atoms with Crippen LogP contribution >= 0.6 is 0 Å². The number of hydrogen-bond acceptors (Lipinski definition) is 5. The first-order valence-electron chi connectivity index (χ1n) is 1.41. The predicted octanol–water partition coefficient (Wildman–Crippen LogP) is -5.59. The van der Waals surface area contributed by atoms with E-state index in [0.29, 0.717) is 0 Å². The van der Waals surface area contributed by atoms with Crippen molar-refractivity contribution < 1.29 is 45.7 Å². The second-order valence-electron chi connectivity index (χ2n) is 0.713. The van der Waals surface area contributed by atoms with Crippen molar-refractivity contribution in [2.75, 3.05) is 0 Å². The van der Waals surface area contributed by atoms with Crippen molar-refractivity contribution in [3.63, 3.8) is 0 Å². The maximum atomic E-state index is 9.16. The van der Waals surface area contributed by atoms with E-state index >= 15 is 0 Å². The summed E-state index contributed by atoms with van der Waals surface area (Å²) in [6.07, 6.45) is 0. The van der Waals surface area contributed by atoms with Crippen molar-refractivity contribution in [1.29, 1.82) is 0 Å². The molecule has 5 nitrogen and oxygen atoms in total. The van der Waals surface area contributed by atoms with E-state index in [1.54, 1.807) is 0 Å². The van der Waals surface area contributed by atoms with Gasteiger partial charge in [-0.05, 0) is 0 Å². The van der Waals surface area contributed by atoms with E-state index in [2.05, 4.69) is 4.57 Å². The molecule has 0 radical (unpaired) electrons. The molecule has 0 aromatic rings. The molecule has 0 aliphatic heterocycles. The quantitative estimate of drug-likeness (QED) is 0.471. The van der Waals surface area contributed by atoms with E-state index in [4.69, 9.17) is 20.1 Å². The fourth-order valence-corrected chi connectivity index (χ4v) is 0.0907. The molecule has 0 bridgehead atoms. The minimum Gasteiger partial charge on any atom is -0.872 e. The van der Waals surface area contributed by atoms with Crippen LogP contribution in [0.25, 0.3) is 0 Å². The van der Waals surface area contributed by atoms with Gasteiger partial charge in [-0.2, -0.15) is 0 Å².